The lowest BCUT2D eigenvalue weighted by Crippen LogP contribution is -2.49. The quantitative estimate of drug-likeness (QED) is 0.865. The lowest BCUT2D eigenvalue weighted by Gasteiger charge is -2.39. The van der Waals surface area contributed by atoms with Gasteiger partial charge in [-0.2, -0.15) is 5.10 Å². The van der Waals surface area contributed by atoms with Crippen molar-refractivity contribution in [2.45, 2.75) is 39.0 Å². The Morgan fingerprint density at radius 2 is 2.00 bits per heavy atom. The molecule has 1 saturated heterocycles. The minimum Gasteiger partial charge on any atom is -0.367 e. The predicted octanol–water partition coefficient (Wildman–Crippen LogP) is 2.46. The highest BCUT2D eigenvalue weighted by Gasteiger charge is 2.35. The molecule has 0 aliphatic carbocycles. The number of hydrogen-bond acceptors (Lipinski definition) is 4. The van der Waals surface area contributed by atoms with Crippen molar-refractivity contribution < 1.29 is 9.53 Å². The van der Waals surface area contributed by atoms with Gasteiger partial charge in [-0.15, -0.1) is 0 Å². The van der Waals surface area contributed by atoms with Crippen molar-refractivity contribution in [2.75, 3.05) is 13.1 Å². The van der Waals surface area contributed by atoms with Gasteiger partial charge in [0.1, 0.15) is 24.8 Å². The van der Waals surface area contributed by atoms with Gasteiger partial charge in [-0.3, -0.25) is 4.79 Å². The molecule has 2 heterocycles. The fourth-order valence-electron chi connectivity index (χ4n) is 3.24. The first-order chi connectivity index (χ1) is 11.6. The van der Waals surface area contributed by atoms with Crippen LogP contribution in [0.25, 0.3) is 0 Å². The van der Waals surface area contributed by atoms with Crippen LogP contribution in [-0.2, 0) is 9.53 Å². The van der Waals surface area contributed by atoms with E-state index in [9.17, 15) is 4.79 Å². The largest absolute Gasteiger partial charge is 0.367 e. The van der Waals surface area contributed by atoms with Crippen molar-refractivity contribution in [3.05, 3.63) is 48.5 Å². The topological polar surface area (TPSA) is 60.2 Å². The van der Waals surface area contributed by atoms with Gasteiger partial charge in [0.25, 0.3) is 0 Å². The first-order valence-electron chi connectivity index (χ1n) is 8.39. The van der Waals surface area contributed by atoms with Crippen LogP contribution in [-0.4, -0.2) is 44.8 Å². The molecule has 6 heteroatoms. The smallest absolute Gasteiger partial charge is 0.247 e. The fraction of sp³-hybridized carbons (Fsp3) is 0.500. The number of ether oxygens (including phenoxy) is 1. The van der Waals surface area contributed by atoms with Gasteiger partial charge in [0.05, 0.1) is 12.6 Å². The van der Waals surface area contributed by atoms with E-state index in [0.29, 0.717) is 13.1 Å². The summed E-state index contributed by atoms with van der Waals surface area (Å²) in [7, 11) is 0. The maximum atomic E-state index is 13.1. The number of aromatic nitrogens is 3. The molecule has 0 saturated carbocycles. The summed E-state index contributed by atoms with van der Waals surface area (Å²) < 4.78 is 7.71. The van der Waals surface area contributed by atoms with Gasteiger partial charge >= 0.3 is 0 Å². The van der Waals surface area contributed by atoms with E-state index in [1.165, 1.54) is 6.33 Å². The van der Waals surface area contributed by atoms with Gasteiger partial charge in [0, 0.05) is 6.54 Å². The van der Waals surface area contributed by atoms with Crippen LogP contribution >= 0.6 is 0 Å². The average molecular weight is 328 g/mol. The molecule has 6 nitrogen and oxygen atoms in total. The van der Waals surface area contributed by atoms with Crippen LogP contribution in [0.1, 0.15) is 38.5 Å². The maximum absolute atomic E-state index is 13.1. The maximum Gasteiger partial charge on any atom is 0.247 e. The van der Waals surface area contributed by atoms with Crippen molar-refractivity contribution in [3.8, 4) is 0 Å². The molecular formula is C18H24N4O2. The summed E-state index contributed by atoms with van der Waals surface area (Å²) in [5, 5.41) is 4.18. The number of carbonyl (C=O) groups excluding carboxylic acids is 1. The van der Waals surface area contributed by atoms with Crippen LogP contribution in [0, 0.1) is 5.92 Å². The second-order valence-corrected chi connectivity index (χ2v) is 6.65. The number of nitrogens with zero attached hydrogens (tertiary/aromatic N) is 4. The molecule has 0 radical (unpaired) electrons. The highest BCUT2D eigenvalue weighted by molar-refractivity contribution is 5.80. The molecule has 1 amide bonds. The summed E-state index contributed by atoms with van der Waals surface area (Å²) in [5.74, 6) is 0.208. The standard InChI is InChI=1S/C18H24N4O2/c1-13(2)17(22-12-19-11-20-22)18(23)21-9-14(3)24-16(10-21)15-7-5-4-6-8-15/h4-8,11-14,16-17H,9-10H2,1-3H3. The highest BCUT2D eigenvalue weighted by Crippen LogP contribution is 2.28. The van der Waals surface area contributed by atoms with Gasteiger partial charge in [-0.1, -0.05) is 44.2 Å². The Morgan fingerprint density at radius 1 is 1.25 bits per heavy atom. The molecule has 1 aromatic carbocycles. The predicted molar refractivity (Wildman–Crippen MR) is 90.2 cm³/mol. The molecule has 0 N–H and O–H groups in total. The Kier molecular flexibility index (Phi) is 4.94. The summed E-state index contributed by atoms with van der Waals surface area (Å²) in [5.41, 5.74) is 1.10. The normalized spacial score (nSPS) is 22.6. The number of hydrogen-bond donors (Lipinski definition) is 0. The third-order valence-corrected chi connectivity index (χ3v) is 4.35. The van der Waals surface area contributed by atoms with Gasteiger partial charge in [0.2, 0.25) is 5.91 Å². The lowest BCUT2D eigenvalue weighted by molar-refractivity contribution is -0.150. The Morgan fingerprint density at radius 3 is 2.62 bits per heavy atom. The van der Waals surface area contributed by atoms with Crippen LogP contribution in [0.5, 0.6) is 0 Å². The Balaban J connectivity index is 1.80. The van der Waals surface area contributed by atoms with Crippen molar-refractivity contribution in [3.63, 3.8) is 0 Å². The second kappa shape index (κ2) is 7.13. The fourth-order valence-corrected chi connectivity index (χ4v) is 3.24. The SMILES string of the molecule is CC1CN(C(=O)C(C(C)C)n2cncn2)CC(c2ccccc2)O1. The van der Waals surface area contributed by atoms with Crippen LogP contribution in [0.4, 0.5) is 0 Å². The third kappa shape index (κ3) is 3.48. The summed E-state index contributed by atoms with van der Waals surface area (Å²) >= 11 is 0. The summed E-state index contributed by atoms with van der Waals surface area (Å²) in [6.07, 6.45) is 2.98. The van der Waals surface area contributed by atoms with Gasteiger partial charge in [0.15, 0.2) is 0 Å². The molecule has 3 atom stereocenters. The van der Waals surface area contributed by atoms with Crippen molar-refractivity contribution in [2.24, 2.45) is 5.92 Å². The first kappa shape index (κ1) is 16.6. The van der Waals surface area contributed by atoms with E-state index in [2.05, 4.69) is 10.1 Å². The number of carbonyl (C=O) groups is 1. The molecule has 128 valence electrons. The van der Waals surface area contributed by atoms with E-state index in [1.807, 2.05) is 56.0 Å². The molecule has 2 aromatic rings. The molecule has 0 spiro atoms. The van der Waals surface area contributed by atoms with E-state index in [-0.39, 0.29) is 30.1 Å². The molecule has 1 fully saturated rings. The molecule has 24 heavy (non-hydrogen) atoms. The minimum absolute atomic E-state index is 0.00327. The molecule has 0 bridgehead atoms. The summed E-state index contributed by atoms with van der Waals surface area (Å²) in [6.45, 7) is 7.23. The first-order valence-corrected chi connectivity index (χ1v) is 8.39. The number of morpholine rings is 1. The molecule has 3 rings (SSSR count). The zero-order chi connectivity index (χ0) is 17.1. The van der Waals surface area contributed by atoms with Crippen LogP contribution < -0.4 is 0 Å². The average Bonchev–Trinajstić information content (AvgIpc) is 3.09. The van der Waals surface area contributed by atoms with Gasteiger partial charge < -0.3 is 9.64 Å². The van der Waals surface area contributed by atoms with E-state index >= 15 is 0 Å². The third-order valence-electron chi connectivity index (χ3n) is 4.35. The number of benzene rings is 1. The molecule has 1 aliphatic rings. The lowest BCUT2D eigenvalue weighted by atomic mass is 10.0. The highest BCUT2D eigenvalue weighted by atomic mass is 16.5. The Bertz CT molecular complexity index is 657. The van der Waals surface area contributed by atoms with E-state index in [0.717, 1.165) is 5.56 Å². The van der Waals surface area contributed by atoms with E-state index in [1.54, 1.807) is 11.0 Å². The van der Waals surface area contributed by atoms with Crippen LogP contribution in [0.3, 0.4) is 0 Å². The summed E-state index contributed by atoms with van der Waals surface area (Å²) in [4.78, 5) is 19.0. The zero-order valence-corrected chi connectivity index (χ0v) is 14.4. The minimum atomic E-state index is -0.339. The van der Waals surface area contributed by atoms with Gasteiger partial charge in [-0.25, -0.2) is 9.67 Å². The van der Waals surface area contributed by atoms with Crippen LogP contribution in [0.15, 0.2) is 43.0 Å². The second-order valence-electron chi connectivity index (χ2n) is 6.65. The monoisotopic (exact) mass is 328 g/mol. The van der Waals surface area contributed by atoms with E-state index in [4.69, 9.17) is 4.74 Å². The number of amides is 1. The van der Waals surface area contributed by atoms with Crippen LogP contribution in [0.2, 0.25) is 0 Å². The number of rotatable bonds is 4. The Hall–Kier alpha value is -2.21. The summed E-state index contributed by atoms with van der Waals surface area (Å²) in [6, 6.07) is 9.73. The van der Waals surface area contributed by atoms with Crippen molar-refractivity contribution >= 4 is 5.91 Å². The molecule has 1 aliphatic heterocycles. The van der Waals surface area contributed by atoms with Crippen molar-refractivity contribution in [1.82, 2.24) is 19.7 Å². The molecular weight excluding hydrogens is 304 g/mol. The van der Waals surface area contributed by atoms with Gasteiger partial charge in [-0.05, 0) is 18.4 Å². The molecule has 1 aromatic heterocycles. The zero-order valence-electron chi connectivity index (χ0n) is 14.4. The van der Waals surface area contributed by atoms with E-state index < -0.39 is 0 Å². The Labute approximate surface area is 142 Å². The molecule has 3 unspecified atom stereocenters. The van der Waals surface area contributed by atoms with Crippen molar-refractivity contribution in [1.29, 1.82) is 0 Å².